The third kappa shape index (κ3) is 5.14. The summed E-state index contributed by atoms with van der Waals surface area (Å²) in [6, 6.07) is -0.283. The number of aromatic nitrogens is 2. The van der Waals surface area contributed by atoms with Gasteiger partial charge < -0.3 is 16.0 Å². The van der Waals surface area contributed by atoms with Gasteiger partial charge in [0.1, 0.15) is 6.04 Å². The molecule has 3 N–H and O–H groups in total. The summed E-state index contributed by atoms with van der Waals surface area (Å²) < 4.78 is 1.85. The molecular weight excluding hydrogens is 282 g/mol. The van der Waals surface area contributed by atoms with Gasteiger partial charge in [-0.1, -0.05) is 0 Å². The zero-order valence-electron chi connectivity index (χ0n) is 13.3. The fourth-order valence-corrected chi connectivity index (χ4v) is 2.50. The number of hydrogen-bond donors (Lipinski definition) is 3. The van der Waals surface area contributed by atoms with E-state index in [-0.39, 0.29) is 24.4 Å². The van der Waals surface area contributed by atoms with Gasteiger partial charge in [-0.3, -0.25) is 14.3 Å². The number of carbonyl (C=O) groups excluding carboxylic acids is 2. The van der Waals surface area contributed by atoms with Crippen LogP contribution in [-0.2, 0) is 16.1 Å². The standard InChI is InChI=1S/C15H25N5O2/c1-11-7-18-20(9-11)10-12(2)17-8-14(21)19-13-5-3-4-6-16-15(13)22/h7,9,12-13,17H,3-6,8,10H2,1-2H3,(H,16,22)(H,19,21)/t12-,13+/m0/s1. The Labute approximate surface area is 130 Å². The van der Waals surface area contributed by atoms with E-state index in [1.807, 2.05) is 30.9 Å². The molecule has 22 heavy (non-hydrogen) atoms. The van der Waals surface area contributed by atoms with E-state index in [0.717, 1.165) is 18.4 Å². The smallest absolute Gasteiger partial charge is 0.242 e. The molecule has 0 bridgehead atoms. The number of nitrogens with zero attached hydrogens (tertiary/aromatic N) is 2. The van der Waals surface area contributed by atoms with Crippen molar-refractivity contribution < 1.29 is 9.59 Å². The van der Waals surface area contributed by atoms with Gasteiger partial charge in [-0.15, -0.1) is 0 Å². The van der Waals surface area contributed by atoms with Crippen LogP contribution in [0.15, 0.2) is 12.4 Å². The fourth-order valence-electron chi connectivity index (χ4n) is 2.50. The van der Waals surface area contributed by atoms with E-state index in [1.165, 1.54) is 0 Å². The van der Waals surface area contributed by atoms with Crippen LogP contribution in [0, 0.1) is 6.92 Å². The summed E-state index contributed by atoms with van der Waals surface area (Å²) in [6.45, 7) is 5.59. The van der Waals surface area contributed by atoms with Crippen molar-refractivity contribution in [1.82, 2.24) is 25.7 Å². The first-order chi connectivity index (χ1) is 10.5. The summed E-state index contributed by atoms with van der Waals surface area (Å²) in [5, 5.41) is 13.0. The van der Waals surface area contributed by atoms with E-state index >= 15 is 0 Å². The molecule has 2 atom stereocenters. The minimum atomic E-state index is -0.402. The van der Waals surface area contributed by atoms with Crippen molar-refractivity contribution in [2.24, 2.45) is 0 Å². The number of rotatable bonds is 6. The Kier molecular flexibility index (Phi) is 5.94. The topological polar surface area (TPSA) is 88.1 Å². The minimum Gasteiger partial charge on any atom is -0.354 e. The highest BCUT2D eigenvalue weighted by molar-refractivity contribution is 5.88. The second-order valence-electron chi connectivity index (χ2n) is 5.93. The molecule has 2 heterocycles. The third-order valence-corrected chi connectivity index (χ3v) is 3.70. The monoisotopic (exact) mass is 307 g/mol. The van der Waals surface area contributed by atoms with Crippen LogP contribution in [0.1, 0.15) is 31.7 Å². The summed E-state index contributed by atoms with van der Waals surface area (Å²) in [6.07, 6.45) is 6.40. The van der Waals surface area contributed by atoms with Crippen LogP contribution in [0.5, 0.6) is 0 Å². The van der Waals surface area contributed by atoms with Crippen LogP contribution < -0.4 is 16.0 Å². The number of nitrogens with one attached hydrogen (secondary N) is 3. The number of aryl methyl sites for hydroxylation is 1. The van der Waals surface area contributed by atoms with Crippen molar-refractivity contribution in [3.8, 4) is 0 Å². The van der Waals surface area contributed by atoms with Crippen molar-refractivity contribution in [2.45, 2.75) is 51.7 Å². The van der Waals surface area contributed by atoms with Gasteiger partial charge in [0, 0.05) is 18.8 Å². The maximum atomic E-state index is 12.0. The molecule has 0 unspecified atom stereocenters. The lowest BCUT2D eigenvalue weighted by molar-refractivity contribution is -0.128. The van der Waals surface area contributed by atoms with Crippen molar-refractivity contribution in [3.63, 3.8) is 0 Å². The molecule has 0 aromatic carbocycles. The molecule has 2 amide bonds. The summed E-state index contributed by atoms with van der Waals surface area (Å²) in [5.74, 6) is -0.225. The van der Waals surface area contributed by atoms with E-state index in [9.17, 15) is 9.59 Å². The van der Waals surface area contributed by atoms with Crippen LogP contribution in [0.3, 0.4) is 0 Å². The lowest BCUT2D eigenvalue weighted by atomic mass is 10.1. The summed E-state index contributed by atoms with van der Waals surface area (Å²) in [7, 11) is 0. The average Bonchev–Trinajstić information content (AvgIpc) is 2.77. The quantitative estimate of drug-likeness (QED) is 0.688. The second-order valence-corrected chi connectivity index (χ2v) is 5.93. The van der Waals surface area contributed by atoms with Crippen LogP contribution in [0.4, 0.5) is 0 Å². The fraction of sp³-hybridized carbons (Fsp3) is 0.667. The molecular formula is C15H25N5O2. The van der Waals surface area contributed by atoms with Gasteiger partial charge in [0.25, 0.3) is 0 Å². The molecule has 1 aromatic rings. The van der Waals surface area contributed by atoms with Crippen LogP contribution in [0.2, 0.25) is 0 Å². The van der Waals surface area contributed by atoms with Crippen molar-refractivity contribution in [2.75, 3.05) is 13.1 Å². The average molecular weight is 307 g/mol. The molecule has 122 valence electrons. The molecule has 7 heteroatoms. The van der Waals surface area contributed by atoms with Crippen molar-refractivity contribution in [3.05, 3.63) is 18.0 Å². The highest BCUT2D eigenvalue weighted by Gasteiger charge is 2.22. The molecule has 0 saturated carbocycles. The first-order valence-corrected chi connectivity index (χ1v) is 7.84. The van der Waals surface area contributed by atoms with E-state index in [1.54, 1.807) is 0 Å². The normalized spacial score (nSPS) is 20.1. The predicted molar refractivity (Wildman–Crippen MR) is 83.2 cm³/mol. The van der Waals surface area contributed by atoms with Crippen LogP contribution in [-0.4, -0.2) is 46.8 Å². The molecule has 0 radical (unpaired) electrons. The number of carbonyl (C=O) groups is 2. The van der Waals surface area contributed by atoms with E-state index < -0.39 is 6.04 Å². The maximum absolute atomic E-state index is 12.0. The van der Waals surface area contributed by atoms with Gasteiger partial charge in [-0.05, 0) is 38.7 Å². The Bertz CT molecular complexity index is 514. The number of amides is 2. The van der Waals surface area contributed by atoms with E-state index in [4.69, 9.17) is 0 Å². The lowest BCUT2D eigenvalue weighted by Crippen LogP contribution is -2.49. The molecule has 1 fully saturated rings. The van der Waals surface area contributed by atoms with Gasteiger partial charge in [0.15, 0.2) is 0 Å². The predicted octanol–water partition coefficient (Wildman–Crippen LogP) is -0.0455. The largest absolute Gasteiger partial charge is 0.354 e. The Hall–Kier alpha value is -1.89. The highest BCUT2D eigenvalue weighted by atomic mass is 16.2. The molecule has 7 nitrogen and oxygen atoms in total. The van der Waals surface area contributed by atoms with Gasteiger partial charge >= 0.3 is 0 Å². The van der Waals surface area contributed by atoms with Gasteiger partial charge in [-0.25, -0.2) is 0 Å². The van der Waals surface area contributed by atoms with Gasteiger partial charge in [-0.2, -0.15) is 5.10 Å². The zero-order chi connectivity index (χ0) is 15.9. The SMILES string of the molecule is Cc1cnn(C[C@H](C)NCC(=O)N[C@@H]2CCCCNC2=O)c1. The molecule has 1 aliphatic rings. The first-order valence-electron chi connectivity index (χ1n) is 7.84. The maximum Gasteiger partial charge on any atom is 0.242 e. The zero-order valence-corrected chi connectivity index (χ0v) is 13.3. The molecule has 1 aromatic heterocycles. The highest BCUT2D eigenvalue weighted by Crippen LogP contribution is 2.05. The Morgan fingerprint density at radius 1 is 1.55 bits per heavy atom. The molecule has 0 spiro atoms. The Balaban J connectivity index is 1.71. The summed E-state index contributed by atoms with van der Waals surface area (Å²) in [4.78, 5) is 23.7. The lowest BCUT2D eigenvalue weighted by Gasteiger charge is -2.17. The van der Waals surface area contributed by atoms with E-state index in [0.29, 0.717) is 19.5 Å². The van der Waals surface area contributed by atoms with Crippen LogP contribution >= 0.6 is 0 Å². The first kappa shape index (κ1) is 16.5. The third-order valence-electron chi connectivity index (χ3n) is 3.70. The summed E-state index contributed by atoms with van der Waals surface area (Å²) in [5.41, 5.74) is 1.12. The minimum absolute atomic E-state index is 0.0779. The second kappa shape index (κ2) is 7.93. The Morgan fingerprint density at radius 2 is 2.36 bits per heavy atom. The summed E-state index contributed by atoms with van der Waals surface area (Å²) >= 11 is 0. The van der Waals surface area contributed by atoms with Gasteiger partial charge in [0.2, 0.25) is 11.8 Å². The number of hydrogen-bond acceptors (Lipinski definition) is 4. The van der Waals surface area contributed by atoms with E-state index in [2.05, 4.69) is 21.0 Å². The molecule has 1 saturated heterocycles. The van der Waals surface area contributed by atoms with Crippen molar-refractivity contribution >= 4 is 11.8 Å². The van der Waals surface area contributed by atoms with Crippen molar-refractivity contribution in [1.29, 1.82) is 0 Å². The van der Waals surface area contributed by atoms with Gasteiger partial charge in [0.05, 0.1) is 19.3 Å². The molecule has 0 aliphatic carbocycles. The Morgan fingerprint density at radius 3 is 3.09 bits per heavy atom. The van der Waals surface area contributed by atoms with Crippen LogP contribution in [0.25, 0.3) is 0 Å². The molecule has 1 aliphatic heterocycles. The molecule has 2 rings (SSSR count).